The highest BCUT2D eigenvalue weighted by atomic mass is 127. The van der Waals surface area contributed by atoms with Gasteiger partial charge in [0.15, 0.2) is 5.96 Å². The van der Waals surface area contributed by atoms with Crippen molar-refractivity contribution in [3.8, 4) is 12.3 Å². The van der Waals surface area contributed by atoms with Gasteiger partial charge in [-0.3, -0.25) is 4.99 Å². The number of hydrogen-bond acceptors (Lipinski definition) is 1. The molecule has 21 heavy (non-hydrogen) atoms. The summed E-state index contributed by atoms with van der Waals surface area (Å²) in [6, 6.07) is 8.89. The highest BCUT2D eigenvalue weighted by molar-refractivity contribution is 14.0. The summed E-state index contributed by atoms with van der Waals surface area (Å²) in [6.07, 6.45) is 7.33. The number of terminal acetylenes is 1. The molecule has 0 aromatic heterocycles. The fourth-order valence-corrected chi connectivity index (χ4v) is 1.92. The van der Waals surface area contributed by atoms with Crippen LogP contribution in [0.3, 0.4) is 0 Å². The maximum absolute atomic E-state index is 5.20. The van der Waals surface area contributed by atoms with Gasteiger partial charge in [-0.25, -0.2) is 0 Å². The smallest absolute Gasteiger partial charge is 0.191 e. The Labute approximate surface area is 146 Å². The number of nitrogens with zero attached hydrogens (tertiary/aromatic N) is 1. The zero-order chi connectivity index (χ0) is 14.8. The molecule has 0 aliphatic heterocycles. The Kier molecular flexibility index (Phi) is 10.8. The van der Waals surface area contributed by atoms with Gasteiger partial charge >= 0.3 is 0 Å². The van der Waals surface area contributed by atoms with E-state index in [1.54, 1.807) is 7.05 Å². The van der Waals surface area contributed by atoms with Gasteiger partial charge < -0.3 is 10.6 Å². The van der Waals surface area contributed by atoms with Crippen LogP contribution in [-0.4, -0.2) is 26.1 Å². The molecule has 1 aromatic rings. The predicted molar refractivity (Wildman–Crippen MR) is 102 cm³/mol. The van der Waals surface area contributed by atoms with Gasteiger partial charge in [-0.1, -0.05) is 44.0 Å². The summed E-state index contributed by atoms with van der Waals surface area (Å²) in [7, 11) is 1.75. The summed E-state index contributed by atoms with van der Waals surface area (Å²) >= 11 is 0. The summed E-state index contributed by atoms with van der Waals surface area (Å²) in [4.78, 5) is 4.10. The minimum absolute atomic E-state index is 0. The summed E-state index contributed by atoms with van der Waals surface area (Å²) in [6.45, 7) is 5.81. The lowest BCUT2D eigenvalue weighted by atomic mass is 10.0. The molecule has 0 spiro atoms. The van der Waals surface area contributed by atoms with Crippen LogP contribution in [-0.2, 0) is 6.42 Å². The van der Waals surface area contributed by atoms with Crippen molar-refractivity contribution < 1.29 is 0 Å². The summed E-state index contributed by atoms with van der Waals surface area (Å²) < 4.78 is 0. The number of aliphatic imine (C=N–C) groups is 1. The Bertz CT molecular complexity index is 458. The van der Waals surface area contributed by atoms with Crippen molar-refractivity contribution in [3.63, 3.8) is 0 Å². The van der Waals surface area contributed by atoms with E-state index in [0.29, 0.717) is 12.5 Å². The van der Waals surface area contributed by atoms with E-state index in [1.807, 2.05) is 0 Å². The van der Waals surface area contributed by atoms with Crippen molar-refractivity contribution in [2.24, 2.45) is 4.99 Å². The monoisotopic (exact) mass is 399 g/mol. The maximum Gasteiger partial charge on any atom is 0.191 e. The fourth-order valence-electron chi connectivity index (χ4n) is 1.92. The van der Waals surface area contributed by atoms with Crippen LogP contribution < -0.4 is 10.6 Å². The average Bonchev–Trinajstić information content (AvgIpc) is 2.47. The first-order valence-electron chi connectivity index (χ1n) is 7.14. The lowest BCUT2D eigenvalue weighted by molar-refractivity contribution is 0.753. The van der Waals surface area contributed by atoms with Crippen LogP contribution in [0.5, 0.6) is 0 Å². The zero-order valence-corrected chi connectivity index (χ0v) is 15.5. The van der Waals surface area contributed by atoms with Gasteiger partial charge in [0.05, 0.1) is 6.54 Å². The van der Waals surface area contributed by atoms with E-state index >= 15 is 0 Å². The van der Waals surface area contributed by atoms with Crippen LogP contribution in [0.4, 0.5) is 0 Å². The van der Waals surface area contributed by atoms with Crippen LogP contribution in [0, 0.1) is 12.3 Å². The molecule has 0 unspecified atom stereocenters. The standard InChI is InChI=1S/C17H25N3.HI/c1-5-12-19-17(18-4)20-13-6-7-15-8-10-16(11-9-15)14(2)3;/h1,8-11,14H,6-7,12-13H2,2-4H3,(H2,18,19,20);1H. The second-order valence-electron chi connectivity index (χ2n) is 5.06. The van der Waals surface area contributed by atoms with E-state index in [-0.39, 0.29) is 24.0 Å². The van der Waals surface area contributed by atoms with Crippen molar-refractivity contribution in [2.75, 3.05) is 20.1 Å². The highest BCUT2D eigenvalue weighted by Crippen LogP contribution is 2.15. The molecule has 0 saturated carbocycles. The van der Waals surface area contributed by atoms with E-state index in [1.165, 1.54) is 11.1 Å². The molecule has 1 rings (SSSR count). The number of halogens is 1. The van der Waals surface area contributed by atoms with Gasteiger partial charge in [-0.15, -0.1) is 30.4 Å². The molecule has 0 aliphatic rings. The molecule has 0 fully saturated rings. The van der Waals surface area contributed by atoms with Crippen LogP contribution >= 0.6 is 24.0 Å². The number of nitrogens with one attached hydrogen (secondary N) is 2. The molecule has 4 heteroatoms. The number of aryl methyl sites for hydroxylation is 1. The third-order valence-electron chi connectivity index (χ3n) is 3.16. The zero-order valence-electron chi connectivity index (χ0n) is 13.1. The van der Waals surface area contributed by atoms with Crippen LogP contribution in [0.2, 0.25) is 0 Å². The summed E-state index contributed by atoms with van der Waals surface area (Å²) in [5.74, 6) is 3.89. The second kappa shape index (κ2) is 11.4. The molecule has 1 aromatic carbocycles. The van der Waals surface area contributed by atoms with Crippen LogP contribution in [0.25, 0.3) is 0 Å². The van der Waals surface area contributed by atoms with E-state index in [0.717, 1.165) is 25.3 Å². The molecule has 116 valence electrons. The van der Waals surface area contributed by atoms with Crippen molar-refractivity contribution in [1.29, 1.82) is 0 Å². The third kappa shape index (κ3) is 7.96. The number of benzene rings is 1. The molecule has 0 amide bonds. The van der Waals surface area contributed by atoms with Gasteiger partial charge in [0.1, 0.15) is 0 Å². The number of rotatable bonds is 6. The Morgan fingerprint density at radius 1 is 1.24 bits per heavy atom. The van der Waals surface area contributed by atoms with Crippen molar-refractivity contribution in [2.45, 2.75) is 32.6 Å². The summed E-state index contributed by atoms with van der Waals surface area (Å²) in [5.41, 5.74) is 2.77. The van der Waals surface area contributed by atoms with Crippen LogP contribution in [0.1, 0.15) is 37.3 Å². The van der Waals surface area contributed by atoms with Crippen molar-refractivity contribution in [1.82, 2.24) is 10.6 Å². The van der Waals surface area contributed by atoms with Gasteiger partial charge in [0.25, 0.3) is 0 Å². The minimum atomic E-state index is 0. The molecule has 0 bridgehead atoms. The van der Waals surface area contributed by atoms with E-state index in [2.05, 4.69) is 59.7 Å². The predicted octanol–water partition coefficient (Wildman–Crippen LogP) is 3.16. The topological polar surface area (TPSA) is 36.4 Å². The fraction of sp³-hybridized carbons (Fsp3) is 0.471. The van der Waals surface area contributed by atoms with Crippen LogP contribution in [0.15, 0.2) is 29.3 Å². The molecule has 0 saturated heterocycles. The quantitative estimate of drug-likeness (QED) is 0.254. The average molecular weight is 399 g/mol. The molecule has 0 radical (unpaired) electrons. The Hall–Kier alpha value is -1.22. The van der Waals surface area contributed by atoms with Gasteiger partial charge in [0, 0.05) is 13.6 Å². The first kappa shape index (κ1) is 19.8. The first-order chi connectivity index (χ1) is 9.67. The molecule has 0 aliphatic carbocycles. The van der Waals surface area contributed by atoms with E-state index in [9.17, 15) is 0 Å². The number of hydrogen-bond donors (Lipinski definition) is 2. The molecule has 0 heterocycles. The normalized spacial score (nSPS) is 10.7. The molecule has 2 N–H and O–H groups in total. The molecular formula is C17H26IN3. The van der Waals surface area contributed by atoms with E-state index < -0.39 is 0 Å². The van der Waals surface area contributed by atoms with Gasteiger partial charge in [0.2, 0.25) is 0 Å². The lowest BCUT2D eigenvalue weighted by Crippen LogP contribution is -2.37. The molecular weight excluding hydrogens is 373 g/mol. The molecule has 0 atom stereocenters. The van der Waals surface area contributed by atoms with Crippen molar-refractivity contribution >= 4 is 29.9 Å². The third-order valence-corrected chi connectivity index (χ3v) is 3.16. The van der Waals surface area contributed by atoms with Gasteiger partial charge in [-0.05, 0) is 29.9 Å². The first-order valence-corrected chi connectivity index (χ1v) is 7.14. The van der Waals surface area contributed by atoms with Gasteiger partial charge in [-0.2, -0.15) is 0 Å². The van der Waals surface area contributed by atoms with Crippen molar-refractivity contribution in [3.05, 3.63) is 35.4 Å². The Balaban J connectivity index is 0.00000400. The largest absolute Gasteiger partial charge is 0.356 e. The Morgan fingerprint density at radius 3 is 2.43 bits per heavy atom. The Morgan fingerprint density at radius 2 is 1.90 bits per heavy atom. The highest BCUT2D eigenvalue weighted by Gasteiger charge is 1.99. The minimum Gasteiger partial charge on any atom is -0.356 e. The second-order valence-corrected chi connectivity index (χ2v) is 5.06. The summed E-state index contributed by atoms with van der Waals surface area (Å²) in [5, 5.41) is 6.29. The molecule has 3 nitrogen and oxygen atoms in total. The number of guanidine groups is 1. The maximum atomic E-state index is 5.20. The lowest BCUT2D eigenvalue weighted by Gasteiger charge is -2.10. The SMILES string of the molecule is C#CCNC(=NC)NCCCc1ccc(C(C)C)cc1.I. The van der Waals surface area contributed by atoms with E-state index in [4.69, 9.17) is 6.42 Å².